The van der Waals surface area contributed by atoms with Gasteiger partial charge in [-0.2, -0.15) is 11.8 Å². The van der Waals surface area contributed by atoms with Gasteiger partial charge < -0.3 is 11.1 Å². The summed E-state index contributed by atoms with van der Waals surface area (Å²) in [5, 5.41) is 2.99. The topological polar surface area (TPSA) is 55.1 Å². The predicted molar refractivity (Wildman–Crippen MR) is 78.7 cm³/mol. The first kappa shape index (κ1) is 15.1. The van der Waals surface area contributed by atoms with Crippen molar-refractivity contribution in [1.29, 1.82) is 0 Å². The third-order valence-corrected chi connectivity index (χ3v) is 4.36. The largest absolute Gasteiger partial charge is 0.368 e. The Balaban J connectivity index is 2.58. The highest BCUT2D eigenvalue weighted by Gasteiger charge is 2.28. The molecule has 100 valence electrons. The zero-order valence-corrected chi connectivity index (χ0v) is 12.4. The summed E-state index contributed by atoms with van der Waals surface area (Å²) in [5.41, 5.74) is 8.60. The van der Waals surface area contributed by atoms with Crippen molar-refractivity contribution >= 4 is 17.7 Å². The van der Waals surface area contributed by atoms with Crippen molar-refractivity contribution in [2.75, 3.05) is 12.8 Å². The van der Waals surface area contributed by atoms with Gasteiger partial charge in [-0.05, 0) is 33.4 Å². The number of benzene rings is 1. The van der Waals surface area contributed by atoms with E-state index in [-0.39, 0.29) is 5.91 Å². The van der Waals surface area contributed by atoms with Gasteiger partial charge in [-0.3, -0.25) is 4.79 Å². The van der Waals surface area contributed by atoms with Crippen LogP contribution < -0.4 is 11.1 Å². The smallest absolute Gasteiger partial charge is 0.238 e. The molecule has 1 aromatic carbocycles. The molecule has 0 aliphatic carbocycles. The molecule has 0 saturated heterocycles. The number of nitrogens with one attached hydrogen (secondary N) is 1. The van der Waals surface area contributed by atoms with Gasteiger partial charge in [-0.1, -0.05) is 29.3 Å². The number of hydrogen-bond acceptors (Lipinski definition) is 3. The van der Waals surface area contributed by atoms with Crippen LogP contribution in [0, 0.1) is 13.8 Å². The predicted octanol–water partition coefficient (Wildman–Crippen LogP) is 2.00. The van der Waals surface area contributed by atoms with Crippen LogP contribution in [0.1, 0.15) is 23.6 Å². The molecule has 1 atom stereocenters. The second kappa shape index (κ2) is 6.25. The quantitative estimate of drug-likeness (QED) is 0.828. The van der Waals surface area contributed by atoms with Crippen molar-refractivity contribution in [3.05, 3.63) is 34.9 Å². The number of hydrogen-bond donors (Lipinski definition) is 2. The molecule has 0 bridgehead atoms. The summed E-state index contributed by atoms with van der Waals surface area (Å²) < 4.78 is 0. The lowest BCUT2D eigenvalue weighted by Gasteiger charge is -2.24. The maximum Gasteiger partial charge on any atom is 0.238 e. The summed E-state index contributed by atoms with van der Waals surface area (Å²) in [4.78, 5) is 11.3. The van der Waals surface area contributed by atoms with Crippen LogP contribution in [0.25, 0.3) is 0 Å². The fourth-order valence-electron chi connectivity index (χ4n) is 1.79. The molecule has 1 aromatic rings. The summed E-state index contributed by atoms with van der Waals surface area (Å²) >= 11 is 1.72. The third kappa shape index (κ3) is 4.03. The molecule has 1 rings (SSSR count). The van der Waals surface area contributed by atoms with Crippen molar-refractivity contribution in [2.45, 2.75) is 32.1 Å². The second-order valence-corrected chi connectivity index (χ2v) is 5.92. The average molecular weight is 266 g/mol. The van der Waals surface area contributed by atoms with Crippen LogP contribution in [0.4, 0.5) is 0 Å². The Kier molecular flexibility index (Phi) is 5.23. The summed E-state index contributed by atoms with van der Waals surface area (Å²) in [6.45, 7) is 6.04. The zero-order valence-electron chi connectivity index (χ0n) is 11.5. The second-order valence-electron chi connectivity index (χ2n) is 4.94. The van der Waals surface area contributed by atoms with E-state index in [0.29, 0.717) is 5.75 Å². The van der Waals surface area contributed by atoms with E-state index in [1.54, 1.807) is 18.8 Å². The van der Waals surface area contributed by atoms with E-state index >= 15 is 0 Å². The molecule has 4 heteroatoms. The Bertz CT molecular complexity index is 414. The number of primary amides is 1. The van der Waals surface area contributed by atoms with E-state index in [1.807, 2.05) is 6.92 Å². The number of carbonyl (C=O) groups is 1. The molecule has 0 aliphatic heterocycles. The van der Waals surface area contributed by atoms with Gasteiger partial charge in [-0.25, -0.2) is 0 Å². The van der Waals surface area contributed by atoms with Gasteiger partial charge in [0.1, 0.15) is 5.54 Å². The molecule has 0 aromatic heterocycles. The molecule has 18 heavy (non-hydrogen) atoms. The Hall–Kier alpha value is -1.00. The van der Waals surface area contributed by atoms with Crippen LogP contribution in [-0.4, -0.2) is 24.2 Å². The molecule has 1 amide bonds. The molecule has 0 saturated carbocycles. The van der Waals surface area contributed by atoms with Crippen molar-refractivity contribution in [1.82, 2.24) is 5.32 Å². The SMILES string of the molecule is CNC(C)(CSCc1cc(C)cc(C)c1)C(N)=O. The number of rotatable bonds is 6. The monoisotopic (exact) mass is 266 g/mol. The van der Waals surface area contributed by atoms with Gasteiger partial charge in [0.25, 0.3) is 0 Å². The molecule has 0 aliphatic rings. The number of likely N-dealkylation sites (N-methyl/N-ethyl adjacent to an activating group) is 1. The lowest BCUT2D eigenvalue weighted by atomic mass is 10.1. The molecular formula is C14H22N2OS. The Morgan fingerprint density at radius 3 is 2.33 bits per heavy atom. The molecule has 0 radical (unpaired) electrons. The normalized spacial score (nSPS) is 14.2. The summed E-state index contributed by atoms with van der Waals surface area (Å²) in [5.74, 6) is 1.26. The maximum atomic E-state index is 11.3. The standard InChI is InChI=1S/C14H22N2OS/c1-10-5-11(2)7-12(6-10)8-18-9-14(3,16-4)13(15)17/h5-7,16H,8-9H2,1-4H3,(H2,15,17). The lowest BCUT2D eigenvalue weighted by molar-refractivity contribution is -0.122. The Morgan fingerprint density at radius 1 is 1.33 bits per heavy atom. The van der Waals surface area contributed by atoms with E-state index in [0.717, 1.165) is 5.75 Å². The minimum absolute atomic E-state index is 0.307. The number of aryl methyl sites for hydroxylation is 2. The van der Waals surface area contributed by atoms with Gasteiger partial charge >= 0.3 is 0 Å². The number of carbonyl (C=O) groups excluding carboxylic acids is 1. The van der Waals surface area contributed by atoms with Gasteiger partial charge in [0.15, 0.2) is 0 Å². The van der Waals surface area contributed by atoms with Crippen molar-refractivity contribution in [3.8, 4) is 0 Å². The van der Waals surface area contributed by atoms with E-state index < -0.39 is 5.54 Å². The summed E-state index contributed by atoms with van der Waals surface area (Å²) in [6, 6.07) is 6.53. The number of amides is 1. The zero-order chi connectivity index (χ0) is 13.8. The highest BCUT2D eigenvalue weighted by Crippen LogP contribution is 2.19. The molecule has 3 N–H and O–H groups in total. The van der Waals surface area contributed by atoms with E-state index in [2.05, 4.69) is 37.4 Å². The summed E-state index contributed by atoms with van der Waals surface area (Å²) in [7, 11) is 1.77. The highest BCUT2D eigenvalue weighted by molar-refractivity contribution is 7.98. The minimum Gasteiger partial charge on any atom is -0.368 e. The fourth-order valence-corrected chi connectivity index (χ4v) is 2.99. The van der Waals surface area contributed by atoms with Crippen LogP contribution in [-0.2, 0) is 10.5 Å². The van der Waals surface area contributed by atoms with Crippen LogP contribution in [0.2, 0.25) is 0 Å². The first-order valence-corrected chi connectivity index (χ1v) is 7.16. The number of nitrogens with two attached hydrogens (primary N) is 1. The molecule has 0 spiro atoms. The first-order chi connectivity index (χ1) is 8.37. The minimum atomic E-state index is -0.635. The number of thioether (sulfide) groups is 1. The van der Waals surface area contributed by atoms with E-state index in [4.69, 9.17) is 5.73 Å². The Morgan fingerprint density at radius 2 is 1.89 bits per heavy atom. The van der Waals surface area contributed by atoms with Crippen LogP contribution in [0.3, 0.4) is 0 Å². The van der Waals surface area contributed by atoms with Crippen molar-refractivity contribution < 1.29 is 4.79 Å². The molecule has 3 nitrogen and oxygen atoms in total. The van der Waals surface area contributed by atoms with Crippen LogP contribution >= 0.6 is 11.8 Å². The van der Waals surface area contributed by atoms with E-state index in [9.17, 15) is 4.79 Å². The van der Waals surface area contributed by atoms with Gasteiger partial charge in [0.05, 0.1) is 0 Å². The average Bonchev–Trinajstić information content (AvgIpc) is 2.27. The van der Waals surface area contributed by atoms with Crippen LogP contribution in [0.15, 0.2) is 18.2 Å². The summed E-state index contributed by atoms with van der Waals surface area (Å²) in [6.07, 6.45) is 0. The molecular weight excluding hydrogens is 244 g/mol. The van der Waals surface area contributed by atoms with Crippen molar-refractivity contribution in [2.24, 2.45) is 5.73 Å². The third-order valence-electron chi connectivity index (χ3n) is 3.04. The van der Waals surface area contributed by atoms with Gasteiger partial charge in [0, 0.05) is 11.5 Å². The molecule has 0 fully saturated rings. The van der Waals surface area contributed by atoms with E-state index in [1.165, 1.54) is 16.7 Å². The highest BCUT2D eigenvalue weighted by atomic mass is 32.2. The van der Waals surface area contributed by atoms with Gasteiger partial charge in [-0.15, -0.1) is 0 Å². The van der Waals surface area contributed by atoms with Gasteiger partial charge in [0.2, 0.25) is 5.91 Å². The molecule has 1 unspecified atom stereocenters. The van der Waals surface area contributed by atoms with Crippen molar-refractivity contribution in [3.63, 3.8) is 0 Å². The Labute approximate surface area is 114 Å². The molecule has 0 heterocycles. The fraction of sp³-hybridized carbons (Fsp3) is 0.500. The first-order valence-electron chi connectivity index (χ1n) is 6.01. The van der Waals surface area contributed by atoms with Crippen LogP contribution in [0.5, 0.6) is 0 Å². The maximum absolute atomic E-state index is 11.3. The lowest BCUT2D eigenvalue weighted by Crippen LogP contribution is -2.53.